The highest BCUT2D eigenvalue weighted by molar-refractivity contribution is 5.79. The molecule has 5 heteroatoms. The molecule has 0 bridgehead atoms. The predicted molar refractivity (Wildman–Crippen MR) is 72.4 cm³/mol. The number of carbonyl (C=O) groups excluding carboxylic acids is 1. The van der Waals surface area contributed by atoms with Gasteiger partial charge in [-0.25, -0.2) is 0 Å². The van der Waals surface area contributed by atoms with Gasteiger partial charge in [0, 0.05) is 17.8 Å². The van der Waals surface area contributed by atoms with E-state index in [2.05, 4.69) is 10.5 Å². The maximum atomic E-state index is 11.8. The van der Waals surface area contributed by atoms with Gasteiger partial charge in [0.15, 0.2) is 0 Å². The van der Waals surface area contributed by atoms with E-state index in [0.717, 1.165) is 16.8 Å². The van der Waals surface area contributed by atoms with E-state index in [1.165, 1.54) is 0 Å². The van der Waals surface area contributed by atoms with E-state index in [1.807, 2.05) is 38.1 Å². The lowest BCUT2D eigenvalue weighted by molar-refractivity contribution is -0.120. The molecule has 0 aliphatic carbocycles. The summed E-state index contributed by atoms with van der Waals surface area (Å²) in [4.78, 5) is 11.8. The van der Waals surface area contributed by atoms with Crippen molar-refractivity contribution in [2.75, 3.05) is 5.73 Å². The van der Waals surface area contributed by atoms with Gasteiger partial charge in [-0.2, -0.15) is 0 Å². The molecule has 0 unspecified atom stereocenters. The van der Waals surface area contributed by atoms with Crippen LogP contribution >= 0.6 is 0 Å². The van der Waals surface area contributed by atoms with Gasteiger partial charge in [-0.15, -0.1) is 0 Å². The molecule has 0 atom stereocenters. The molecular weight excluding hydrogens is 242 g/mol. The van der Waals surface area contributed by atoms with E-state index in [0.29, 0.717) is 18.0 Å². The van der Waals surface area contributed by atoms with Crippen molar-refractivity contribution < 1.29 is 9.32 Å². The fourth-order valence-electron chi connectivity index (χ4n) is 1.81. The number of rotatable bonds is 4. The van der Waals surface area contributed by atoms with Crippen LogP contribution in [-0.2, 0) is 17.8 Å². The Balaban J connectivity index is 1.90. The molecule has 0 spiro atoms. The van der Waals surface area contributed by atoms with Crippen LogP contribution in [0.25, 0.3) is 0 Å². The second kappa shape index (κ2) is 5.56. The van der Waals surface area contributed by atoms with Crippen LogP contribution in [0.5, 0.6) is 0 Å². The normalized spacial score (nSPS) is 10.4. The first kappa shape index (κ1) is 13.1. The smallest absolute Gasteiger partial charge is 0.224 e. The minimum Gasteiger partial charge on any atom is -0.399 e. The second-order valence-corrected chi connectivity index (χ2v) is 4.50. The molecule has 0 aliphatic heterocycles. The fourth-order valence-corrected chi connectivity index (χ4v) is 1.81. The van der Waals surface area contributed by atoms with E-state index in [1.54, 1.807) is 0 Å². The molecule has 1 aromatic carbocycles. The Hall–Kier alpha value is -2.30. The quantitative estimate of drug-likeness (QED) is 0.819. The van der Waals surface area contributed by atoms with Crippen LogP contribution in [-0.4, -0.2) is 11.1 Å². The third kappa shape index (κ3) is 3.34. The molecular formula is C14H17N3O2. The Labute approximate surface area is 111 Å². The number of anilines is 1. The van der Waals surface area contributed by atoms with Crippen molar-refractivity contribution in [3.05, 3.63) is 46.8 Å². The zero-order valence-electron chi connectivity index (χ0n) is 11.1. The molecule has 2 aromatic rings. The Morgan fingerprint density at radius 1 is 1.32 bits per heavy atom. The van der Waals surface area contributed by atoms with Crippen molar-refractivity contribution >= 4 is 11.6 Å². The number of hydrogen-bond donors (Lipinski definition) is 2. The summed E-state index contributed by atoms with van der Waals surface area (Å²) in [5.41, 5.74) is 8.95. The molecule has 1 amide bonds. The molecule has 100 valence electrons. The first-order chi connectivity index (χ1) is 9.06. The van der Waals surface area contributed by atoms with Gasteiger partial charge in [-0.05, 0) is 31.5 Å². The Morgan fingerprint density at radius 2 is 2.00 bits per heavy atom. The van der Waals surface area contributed by atoms with Crippen LogP contribution < -0.4 is 11.1 Å². The summed E-state index contributed by atoms with van der Waals surface area (Å²) in [7, 11) is 0. The van der Waals surface area contributed by atoms with Crippen molar-refractivity contribution in [2.45, 2.75) is 26.8 Å². The monoisotopic (exact) mass is 259 g/mol. The first-order valence-corrected chi connectivity index (χ1v) is 6.09. The van der Waals surface area contributed by atoms with E-state index in [-0.39, 0.29) is 12.3 Å². The standard InChI is InChI=1S/C14H17N3O2/c1-9-13(10(2)19-17-9)7-14(18)16-8-11-3-5-12(15)6-4-11/h3-6H,7-8,15H2,1-2H3,(H,16,18). The topological polar surface area (TPSA) is 81.2 Å². The summed E-state index contributed by atoms with van der Waals surface area (Å²) in [6, 6.07) is 7.42. The average Bonchev–Trinajstić information content (AvgIpc) is 2.70. The maximum Gasteiger partial charge on any atom is 0.224 e. The maximum absolute atomic E-state index is 11.8. The van der Waals surface area contributed by atoms with Crippen molar-refractivity contribution in [3.8, 4) is 0 Å². The lowest BCUT2D eigenvalue weighted by Crippen LogP contribution is -2.24. The van der Waals surface area contributed by atoms with Gasteiger partial charge < -0.3 is 15.6 Å². The molecule has 2 rings (SSSR count). The number of aryl methyl sites for hydroxylation is 2. The van der Waals surface area contributed by atoms with Crippen LogP contribution in [0, 0.1) is 13.8 Å². The van der Waals surface area contributed by atoms with Crippen molar-refractivity contribution in [1.82, 2.24) is 10.5 Å². The summed E-state index contributed by atoms with van der Waals surface area (Å²) in [6.07, 6.45) is 0.288. The first-order valence-electron chi connectivity index (χ1n) is 6.09. The number of hydrogen-bond acceptors (Lipinski definition) is 4. The van der Waals surface area contributed by atoms with Crippen LogP contribution in [0.3, 0.4) is 0 Å². The summed E-state index contributed by atoms with van der Waals surface area (Å²) >= 11 is 0. The van der Waals surface area contributed by atoms with Gasteiger partial charge in [-0.1, -0.05) is 17.3 Å². The molecule has 0 saturated heterocycles. The highest BCUT2D eigenvalue weighted by atomic mass is 16.5. The minimum absolute atomic E-state index is 0.0498. The van der Waals surface area contributed by atoms with E-state index in [4.69, 9.17) is 10.3 Å². The Kier molecular flexibility index (Phi) is 3.85. The fraction of sp³-hybridized carbons (Fsp3) is 0.286. The third-order valence-electron chi connectivity index (χ3n) is 2.99. The molecule has 3 N–H and O–H groups in total. The van der Waals surface area contributed by atoms with Crippen molar-refractivity contribution in [1.29, 1.82) is 0 Å². The third-order valence-corrected chi connectivity index (χ3v) is 2.99. The van der Waals surface area contributed by atoms with Crippen LogP contribution in [0.1, 0.15) is 22.6 Å². The number of amides is 1. The van der Waals surface area contributed by atoms with E-state index >= 15 is 0 Å². The van der Waals surface area contributed by atoms with Crippen molar-refractivity contribution in [3.63, 3.8) is 0 Å². The molecule has 0 saturated carbocycles. The van der Waals surface area contributed by atoms with Crippen LogP contribution in [0.15, 0.2) is 28.8 Å². The molecule has 19 heavy (non-hydrogen) atoms. The summed E-state index contributed by atoms with van der Waals surface area (Å²) < 4.78 is 5.03. The van der Waals surface area contributed by atoms with Gasteiger partial charge in [-0.3, -0.25) is 4.79 Å². The molecule has 0 radical (unpaired) electrons. The predicted octanol–water partition coefficient (Wildman–Crippen LogP) is 1.73. The van der Waals surface area contributed by atoms with Gasteiger partial charge in [0.2, 0.25) is 5.91 Å². The summed E-state index contributed by atoms with van der Waals surface area (Å²) in [6.45, 7) is 4.13. The Bertz CT molecular complexity index is 553. The number of nitrogens with zero attached hydrogens (tertiary/aromatic N) is 1. The molecule has 1 heterocycles. The number of nitrogens with two attached hydrogens (primary N) is 1. The molecule has 0 fully saturated rings. The lowest BCUT2D eigenvalue weighted by atomic mass is 10.1. The number of carbonyl (C=O) groups is 1. The second-order valence-electron chi connectivity index (χ2n) is 4.50. The van der Waals surface area contributed by atoms with E-state index < -0.39 is 0 Å². The van der Waals surface area contributed by atoms with Gasteiger partial charge >= 0.3 is 0 Å². The minimum atomic E-state index is -0.0498. The molecule has 5 nitrogen and oxygen atoms in total. The number of nitrogens with one attached hydrogen (secondary N) is 1. The van der Waals surface area contributed by atoms with Crippen LogP contribution in [0.2, 0.25) is 0 Å². The summed E-state index contributed by atoms with van der Waals surface area (Å²) in [5.74, 6) is 0.645. The SMILES string of the molecule is Cc1noc(C)c1CC(=O)NCc1ccc(N)cc1. The van der Waals surface area contributed by atoms with Gasteiger partial charge in [0.25, 0.3) is 0 Å². The number of nitrogen functional groups attached to an aromatic ring is 1. The van der Waals surface area contributed by atoms with E-state index in [9.17, 15) is 4.79 Å². The number of aromatic nitrogens is 1. The molecule has 1 aromatic heterocycles. The van der Waals surface area contributed by atoms with Gasteiger partial charge in [0.1, 0.15) is 5.76 Å². The largest absolute Gasteiger partial charge is 0.399 e. The summed E-state index contributed by atoms with van der Waals surface area (Å²) in [5, 5.41) is 6.69. The highest BCUT2D eigenvalue weighted by Gasteiger charge is 2.12. The zero-order valence-corrected chi connectivity index (χ0v) is 11.1. The zero-order chi connectivity index (χ0) is 13.8. The average molecular weight is 259 g/mol. The highest BCUT2D eigenvalue weighted by Crippen LogP contribution is 2.12. The number of benzene rings is 1. The van der Waals surface area contributed by atoms with Crippen molar-refractivity contribution in [2.24, 2.45) is 0 Å². The van der Waals surface area contributed by atoms with Gasteiger partial charge in [0.05, 0.1) is 12.1 Å². The Morgan fingerprint density at radius 3 is 2.58 bits per heavy atom. The van der Waals surface area contributed by atoms with Crippen LogP contribution in [0.4, 0.5) is 5.69 Å². The lowest BCUT2D eigenvalue weighted by Gasteiger charge is -2.05. The molecule has 0 aliphatic rings.